The van der Waals surface area contributed by atoms with E-state index in [2.05, 4.69) is 28.1 Å². The van der Waals surface area contributed by atoms with Crippen molar-refractivity contribution in [2.75, 3.05) is 19.8 Å². The number of nitrogens with zero attached hydrogens (tertiary/aromatic N) is 3. The van der Waals surface area contributed by atoms with Gasteiger partial charge in [0, 0.05) is 37.9 Å². The molecule has 6 rings (SSSR count). The number of carboxylic acids is 1. The highest BCUT2D eigenvalue weighted by atomic mass is 32.1. The van der Waals surface area contributed by atoms with E-state index in [1.165, 1.54) is 11.1 Å². The van der Waals surface area contributed by atoms with Gasteiger partial charge >= 0.3 is 5.97 Å². The summed E-state index contributed by atoms with van der Waals surface area (Å²) in [5.74, 6) is -0.164. The lowest BCUT2D eigenvalue weighted by atomic mass is 9.95. The first-order chi connectivity index (χ1) is 19.5. The number of hydrogen-bond acceptors (Lipinski definition) is 7. The van der Waals surface area contributed by atoms with Crippen molar-refractivity contribution in [3.8, 4) is 27.7 Å². The molecular weight excluding hydrogens is 522 g/mol. The molecule has 2 aromatic heterocycles. The van der Waals surface area contributed by atoms with Gasteiger partial charge < -0.3 is 14.6 Å². The van der Waals surface area contributed by atoms with Gasteiger partial charge in [0.05, 0.1) is 17.1 Å². The first kappa shape index (κ1) is 26.6. The number of carbonyl (C=O) groups is 1. The number of fused-ring (bicyclic) bond motifs is 1. The molecule has 0 amide bonds. The predicted molar refractivity (Wildman–Crippen MR) is 156 cm³/mol. The second-order valence-electron chi connectivity index (χ2n) is 10.6. The molecule has 4 heterocycles. The summed E-state index contributed by atoms with van der Waals surface area (Å²) in [7, 11) is 0. The van der Waals surface area contributed by atoms with Gasteiger partial charge in [-0.25, -0.2) is 14.8 Å². The third kappa shape index (κ3) is 5.52. The predicted octanol–water partition coefficient (Wildman–Crippen LogP) is 6.30. The molecule has 2 aliphatic rings. The summed E-state index contributed by atoms with van der Waals surface area (Å²) in [6.45, 7) is 8.09. The molecule has 1 N–H and O–H groups in total. The van der Waals surface area contributed by atoms with Gasteiger partial charge in [-0.2, -0.15) is 0 Å². The van der Waals surface area contributed by atoms with Crippen molar-refractivity contribution in [1.29, 1.82) is 0 Å². The van der Waals surface area contributed by atoms with Crippen LogP contribution in [0.15, 0.2) is 54.6 Å². The van der Waals surface area contributed by atoms with E-state index in [4.69, 9.17) is 14.5 Å². The fourth-order valence-corrected chi connectivity index (χ4v) is 6.56. The van der Waals surface area contributed by atoms with Crippen molar-refractivity contribution < 1.29 is 19.4 Å². The van der Waals surface area contributed by atoms with Gasteiger partial charge in [0.2, 0.25) is 0 Å². The van der Waals surface area contributed by atoms with Crippen LogP contribution in [0.2, 0.25) is 0 Å². The van der Waals surface area contributed by atoms with Crippen LogP contribution < -0.4 is 4.74 Å². The van der Waals surface area contributed by atoms with E-state index in [1.54, 1.807) is 6.92 Å². The number of ether oxygens (including phenoxy) is 2. The summed E-state index contributed by atoms with van der Waals surface area (Å²) >= 11 is 1.15. The van der Waals surface area contributed by atoms with Gasteiger partial charge in [-0.3, -0.25) is 4.90 Å². The molecule has 0 bridgehead atoms. The average molecular weight is 556 g/mol. The molecule has 0 unspecified atom stereocenters. The molecule has 206 valence electrons. The van der Waals surface area contributed by atoms with Crippen LogP contribution in [0.25, 0.3) is 22.0 Å². The summed E-state index contributed by atoms with van der Waals surface area (Å²) < 4.78 is 12.0. The van der Waals surface area contributed by atoms with Gasteiger partial charge in [0.25, 0.3) is 0 Å². The average Bonchev–Trinajstić information content (AvgIpc) is 3.38. The van der Waals surface area contributed by atoms with E-state index < -0.39 is 5.97 Å². The van der Waals surface area contributed by atoms with Crippen molar-refractivity contribution >= 4 is 17.3 Å². The molecule has 8 heteroatoms. The Morgan fingerprint density at radius 2 is 1.85 bits per heavy atom. The summed E-state index contributed by atoms with van der Waals surface area (Å²) in [4.78, 5) is 23.7. The Labute approximate surface area is 238 Å². The molecule has 2 aromatic carbocycles. The smallest absolute Gasteiger partial charge is 0.347 e. The third-order valence-corrected chi connectivity index (χ3v) is 9.02. The van der Waals surface area contributed by atoms with E-state index in [1.807, 2.05) is 43.3 Å². The molecule has 0 saturated carbocycles. The molecule has 0 aliphatic carbocycles. The maximum Gasteiger partial charge on any atom is 0.347 e. The number of rotatable bonds is 7. The van der Waals surface area contributed by atoms with E-state index in [0.29, 0.717) is 29.0 Å². The highest BCUT2D eigenvalue weighted by Crippen LogP contribution is 2.35. The maximum absolute atomic E-state index is 11.5. The lowest BCUT2D eigenvalue weighted by Crippen LogP contribution is -2.42. The Balaban J connectivity index is 1.20. The van der Waals surface area contributed by atoms with E-state index in [0.717, 1.165) is 85.0 Å². The molecular formula is C32H33N3O4S. The van der Waals surface area contributed by atoms with Crippen LogP contribution in [-0.4, -0.2) is 51.7 Å². The Hall–Kier alpha value is -3.59. The van der Waals surface area contributed by atoms with Crippen LogP contribution in [0.4, 0.5) is 0 Å². The zero-order valence-electron chi connectivity index (χ0n) is 22.9. The SMILES string of the molecule is Cc1cccc(-c2cccc(-c3nc(C)c(C(=O)O)s3)n2)c1OCc1ccc2c(c1)CCN(C1CCOCC1)C2. The van der Waals surface area contributed by atoms with Crippen LogP contribution in [-0.2, 0) is 24.3 Å². The summed E-state index contributed by atoms with van der Waals surface area (Å²) in [5.41, 5.74) is 7.85. The number of aromatic nitrogens is 2. The van der Waals surface area contributed by atoms with Gasteiger partial charge in [-0.15, -0.1) is 11.3 Å². The zero-order valence-corrected chi connectivity index (χ0v) is 23.7. The molecule has 1 saturated heterocycles. The molecule has 2 aliphatic heterocycles. The fraction of sp³-hybridized carbons (Fsp3) is 0.344. The minimum absolute atomic E-state index is 0.239. The molecule has 0 spiro atoms. The second kappa shape index (κ2) is 11.5. The molecule has 40 heavy (non-hydrogen) atoms. The highest BCUT2D eigenvalue weighted by molar-refractivity contribution is 7.17. The van der Waals surface area contributed by atoms with Gasteiger partial charge in [-0.05, 0) is 73.6 Å². The molecule has 0 atom stereocenters. The lowest BCUT2D eigenvalue weighted by molar-refractivity contribution is 0.0290. The number of aromatic carboxylic acids is 1. The van der Waals surface area contributed by atoms with Gasteiger partial charge in [0.1, 0.15) is 22.2 Å². The minimum Gasteiger partial charge on any atom is -0.488 e. The van der Waals surface area contributed by atoms with Crippen molar-refractivity contribution in [3.63, 3.8) is 0 Å². The number of pyridine rings is 1. The number of hydrogen-bond donors (Lipinski definition) is 1. The van der Waals surface area contributed by atoms with Crippen molar-refractivity contribution in [2.24, 2.45) is 0 Å². The number of benzene rings is 2. The standard InChI is InChI=1S/C32H33N3O4S/c1-20-5-3-6-26(27-7-4-8-28(34-27)31-33-21(2)30(40-31)32(36)37)29(20)39-19-22-9-10-24-18-35(14-11-23(24)17-22)25-12-15-38-16-13-25/h3-10,17,25H,11-16,18-19H2,1-2H3,(H,36,37). The number of thiazole rings is 1. The Bertz CT molecular complexity index is 1540. The summed E-state index contributed by atoms with van der Waals surface area (Å²) in [5, 5.41) is 10.0. The van der Waals surface area contributed by atoms with Gasteiger partial charge in [0.15, 0.2) is 0 Å². The van der Waals surface area contributed by atoms with E-state index in [9.17, 15) is 9.90 Å². The van der Waals surface area contributed by atoms with Crippen LogP contribution in [0.5, 0.6) is 5.75 Å². The number of aryl methyl sites for hydroxylation is 2. The minimum atomic E-state index is -0.967. The van der Waals surface area contributed by atoms with E-state index >= 15 is 0 Å². The van der Waals surface area contributed by atoms with Crippen molar-refractivity contribution in [1.82, 2.24) is 14.9 Å². The monoisotopic (exact) mass is 555 g/mol. The first-order valence-electron chi connectivity index (χ1n) is 13.8. The number of carboxylic acid groups (broad SMARTS) is 1. The molecule has 7 nitrogen and oxygen atoms in total. The second-order valence-corrected chi connectivity index (χ2v) is 11.6. The van der Waals surface area contributed by atoms with Crippen LogP contribution >= 0.6 is 11.3 Å². The molecule has 0 radical (unpaired) electrons. The normalized spacial score (nSPS) is 16.1. The highest BCUT2D eigenvalue weighted by Gasteiger charge is 2.25. The number of para-hydroxylation sites is 1. The van der Waals surface area contributed by atoms with Crippen LogP contribution in [0.3, 0.4) is 0 Å². The van der Waals surface area contributed by atoms with Crippen LogP contribution in [0.1, 0.15) is 50.5 Å². The Kier molecular flexibility index (Phi) is 7.65. The summed E-state index contributed by atoms with van der Waals surface area (Å²) in [6, 6.07) is 19.2. The maximum atomic E-state index is 11.5. The quantitative estimate of drug-likeness (QED) is 0.286. The zero-order chi connectivity index (χ0) is 27.6. The van der Waals surface area contributed by atoms with Crippen molar-refractivity contribution in [3.05, 3.63) is 87.4 Å². The topological polar surface area (TPSA) is 84.8 Å². The molecule has 1 fully saturated rings. The Morgan fingerprint density at radius 3 is 2.65 bits per heavy atom. The summed E-state index contributed by atoms with van der Waals surface area (Å²) in [6.07, 6.45) is 3.32. The van der Waals surface area contributed by atoms with Crippen LogP contribution in [0, 0.1) is 13.8 Å². The Morgan fingerprint density at radius 1 is 1.05 bits per heavy atom. The first-order valence-corrected chi connectivity index (χ1v) is 14.6. The molecule has 4 aromatic rings. The third-order valence-electron chi connectivity index (χ3n) is 7.85. The largest absolute Gasteiger partial charge is 0.488 e. The van der Waals surface area contributed by atoms with Gasteiger partial charge in [-0.1, -0.05) is 36.4 Å². The van der Waals surface area contributed by atoms with E-state index in [-0.39, 0.29) is 4.88 Å². The van der Waals surface area contributed by atoms with Crippen molar-refractivity contribution in [2.45, 2.75) is 52.3 Å². The lowest BCUT2D eigenvalue weighted by Gasteiger charge is -2.37. The fourth-order valence-electron chi connectivity index (χ4n) is 5.69.